The minimum atomic E-state index is -0.324. The number of carbonyl (C=O) groups is 1. The summed E-state index contributed by atoms with van der Waals surface area (Å²) in [5.74, 6) is 0.531. The molecule has 0 aliphatic rings. The zero-order valence-corrected chi connectivity index (χ0v) is 15.1. The number of nitrogens with zero attached hydrogens (tertiary/aromatic N) is 2. The van der Waals surface area contributed by atoms with E-state index in [1.807, 2.05) is 6.92 Å². The molecule has 1 aromatic carbocycles. The van der Waals surface area contributed by atoms with Crippen LogP contribution in [0.4, 0.5) is 5.69 Å². The molecule has 0 unspecified atom stereocenters. The van der Waals surface area contributed by atoms with Gasteiger partial charge in [-0.1, -0.05) is 65.1 Å². The van der Waals surface area contributed by atoms with E-state index in [2.05, 4.69) is 20.5 Å². The van der Waals surface area contributed by atoms with Crippen molar-refractivity contribution in [3.05, 3.63) is 32.0 Å². The molecule has 0 spiro atoms. The summed E-state index contributed by atoms with van der Waals surface area (Å²) in [6, 6.07) is 1.41. The van der Waals surface area contributed by atoms with E-state index in [0.29, 0.717) is 5.16 Å². The van der Waals surface area contributed by atoms with Gasteiger partial charge in [0.15, 0.2) is 0 Å². The number of amides is 1. The van der Waals surface area contributed by atoms with E-state index >= 15 is 0 Å². The number of thioether (sulfide) groups is 1. The number of halogens is 4. The van der Waals surface area contributed by atoms with Crippen molar-refractivity contribution in [2.24, 2.45) is 0 Å². The molecular weight excluding hydrogens is 390 g/mol. The van der Waals surface area contributed by atoms with Gasteiger partial charge in [0.2, 0.25) is 11.1 Å². The average molecular weight is 400 g/mol. The van der Waals surface area contributed by atoms with Crippen LogP contribution in [0.2, 0.25) is 20.1 Å². The number of H-pyrrole nitrogens is 1. The molecule has 1 aromatic heterocycles. The van der Waals surface area contributed by atoms with Crippen LogP contribution in [0.3, 0.4) is 0 Å². The Morgan fingerprint density at radius 3 is 2.45 bits per heavy atom. The summed E-state index contributed by atoms with van der Waals surface area (Å²) < 4.78 is 0. The number of carbonyl (C=O) groups excluding carboxylic acids is 1. The molecule has 22 heavy (non-hydrogen) atoms. The first-order chi connectivity index (χ1) is 10.4. The van der Waals surface area contributed by atoms with Gasteiger partial charge in [-0.3, -0.25) is 9.89 Å². The monoisotopic (exact) mass is 398 g/mol. The molecule has 2 N–H and O–H groups in total. The maximum absolute atomic E-state index is 12.0. The lowest BCUT2D eigenvalue weighted by Crippen LogP contribution is -2.15. The van der Waals surface area contributed by atoms with Crippen LogP contribution in [0, 0.1) is 0 Å². The second-order valence-corrected chi connectivity index (χ2v) is 6.61. The molecule has 2 aromatic rings. The van der Waals surface area contributed by atoms with Crippen molar-refractivity contribution in [2.75, 3.05) is 11.1 Å². The van der Waals surface area contributed by atoms with Crippen molar-refractivity contribution in [2.45, 2.75) is 18.5 Å². The van der Waals surface area contributed by atoms with Crippen LogP contribution in [0.5, 0.6) is 0 Å². The zero-order valence-electron chi connectivity index (χ0n) is 11.2. The fourth-order valence-electron chi connectivity index (χ4n) is 1.49. The predicted octanol–water partition coefficient (Wildman–Crippen LogP) is 4.71. The van der Waals surface area contributed by atoms with Gasteiger partial charge in [0.05, 0.1) is 31.5 Å². The van der Waals surface area contributed by atoms with Gasteiger partial charge in [-0.15, -0.1) is 5.10 Å². The van der Waals surface area contributed by atoms with Crippen molar-refractivity contribution in [1.29, 1.82) is 0 Å². The first-order valence-electron chi connectivity index (χ1n) is 6.09. The van der Waals surface area contributed by atoms with Gasteiger partial charge in [-0.05, 0) is 6.07 Å². The van der Waals surface area contributed by atoms with Gasteiger partial charge in [0.25, 0.3) is 0 Å². The standard InChI is InChI=1S/C12H10Cl4N4OS/c1-2-7-17-12(20-19-7)22-4-8(21)18-11-9(15)5(13)3-6(14)10(11)16/h3H,2,4H2,1H3,(H,18,21)(H,17,19,20). The minimum absolute atomic E-state index is 0.0950. The van der Waals surface area contributed by atoms with Crippen LogP contribution in [-0.4, -0.2) is 26.8 Å². The summed E-state index contributed by atoms with van der Waals surface area (Å²) in [6.07, 6.45) is 0.742. The van der Waals surface area contributed by atoms with E-state index < -0.39 is 0 Å². The highest BCUT2D eigenvalue weighted by Gasteiger charge is 2.16. The molecule has 1 heterocycles. The Balaban J connectivity index is 2.03. The minimum Gasteiger partial charge on any atom is -0.323 e. The smallest absolute Gasteiger partial charge is 0.234 e. The van der Waals surface area contributed by atoms with Crippen molar-refractivity contribution < 1.29 is 4.79 Å². The molecule has 0 saturated carbocycles. The van der Waals surface area contributed by atoms with Crippen LogP contribution in [0.15, 0.2) is 11.2 Å². The molecule has 0 saturated heterocycles. The van der Waals surface area contributed by atoms with Crippen molar-refractivity contribution in [3.63, 3.8) is 0 Å². The molecule has 5 nitrogen and oxygen atoms in total. The highest BCUT2D eigenvalue weighted by atomic mass is 35.5. The summed E-state index contributed by atoms with van der Waals surface area (Å²) in [7, 11) is 0. The Bertz CT molecular complexity index is 680. The first-order valence-corrected chi connectivity index (χ1v) is 8.59. The molecule has 0 atom stereocenters. The Morgan fingerprint density at radius 2 is 1.91 bits per heavy atom. The van der Waals surface area contributed by atoms with Crippen LogP contribution in [-0.2, 0) is 11.2 Å². The molecule has 118 valence electrons. The van der Waals surface area contributed by atoms with Crippen molar-refractivity contribution in [1.82, 2.24) is 15.2 Å². The normalized spacial score (nSPS) is 10.8. The lowest BCUT2D eigenvalue weighted by molar-refractivity contribution is -0.113. The van der Waals surface area contributed by atoms with Gasteiger partial charge in [0.1, 0.15) is 5.82 Å². The predicted molar refractivity (Wildman–Crippen MR) is 91.6 cm³/mol. The molecule has 2 rings (SSSR count). The molecule has 0 radical (unpaired) electrons. The third-order valence-electron chi connectivity index (χ3n) is 2.55. The van der Waals surface area contributed by atoms with Gasteiger partial charge >= 0.3 is 0 Å². The van der Waals surface area contributed by atoms with Crippen LogP contribution < -0.4 is 5.32 Å². The second-order valence-electron chi connectivity index (χ2n) is 4.10. The zero-order chi connectivity index (χ0) is 16.3. The number of hydrogen-bond acceptors (Lipinski definition) is 4. The van der Waals surface area contributed by atoms with Gasteiger partial charge < -0.3 is 5.32 Å². The third kappa shape index (κ3) is 4.20. The van der Waals surface area contributed by atoms with E-state index in [1.54, 1.807) is 0 Å². The van der Waals surface area contributed by atoms with E-state index in [0.717, 1.165) is 12.2 Å². The van der Waals surface area contributed by atoms with E-state index in [4.69, 9.17) is 46.4 Å². The largest absolute Gasteiger partial charge is 0.323 e. The molecule has 0 bridgehead atoms. The lowest BCUT2D eigenvalue weighted by Gasteiger charge is -2.11. The fraction of sp³-hybridized carbons (Fsp3) is 0.250. The topological polar surface area (TPSA) is 70.7 Å². The summed E-state index contributed by atoms with van der Waals surface area (Å²) in [5, 5.41) is 10.5. The number of aromatic nitrogens is 3. The van der Waals surface area contributed by atoms with Gasteiger partial charge in [-0.25, -0.2) is 4.98 Å². The quantitative estimate of drug-likeness (QED) is 0.564. The summed E-state index contributed by atoms with van der Waals surface area (Å²) in [6.45, 7) is 1.95. The lowest BCUT2D eigenvalue weighted by atomic mass is 10.3. The van der Waals surface area contributed by atoms with Crippen LogP contribution in [0.1, 0.15) is 12.7 Å². The van der Waals surface area contributed by atoms with E-state index in [1.165, 1.54) is 17.8 Å². The highest BCUT2D eigenvalue weighted by Crippen LogP contribution is 2.41. The molecule has 10 heteroatoms. The molecule has 1 amide bonds. The molecular formula is C12H10Cl4N4OS. The summed E-state index contributed by atoms with van der Waals surface area (Å²) in [5.41, 5.74) is 0.190. The first kappa shape index (κ1) is 17.7. The second kappa shape index (κ2) is 7.75. The number of rotatable bonds is 5. The SMILES string of the molecule is CCc1nc(SCC(=O)Nc2c(Cl)c(Cl)cc(Cl)c2Cl)n[nH]1. The summed E-state index contributed by atoms with van der Waals surface area (Å²) in [4.78, 5) is 16.2. The Kier molecular flexibility index (Phi) is 6.23. The number of aromatic amines is 1. The number of hydrogen-bond donors (Lipinski definition) is 2. The number of benzene rings is 1. The number of nitrogens with one attached hydrogen (secondary N) is 2. The van der Waals surface area contributed by atoms with E-state index in [9.17, 15) is 4.79 Å². The highest BCUT2D eigenvalue weighted by molar-refractivity contribution is 7.99. The van der Waals surface area contributed by atoms with Crippen molar-refractivity contribution in [3.8, 4) is 0 Å². The number of aryl methyl sites for hydroxylation is 1. The Labute approximate surface area is 151 Å². The van der Waals surface area contributed by atoms with Crippen LogP contribution >= 0.6 is 58.2 Å². The summed E-state index contributed by atoms with van der Waals surface area (Å²) >= 11 is 25.1. The fourth-order valence-corrected chi connectivity index (χ4v) is 3.01. The Morgan fingerprint density at radius 1 is 1.27 bits per heavy atom. The Hall–Kier alpha value is -0.660. The average Bonchev–Trinajstić information content (AvgIpc) is 2.95. The van der Waals surface area contributed by atoms with Crippen LogP contribution in [0.25, 0.3) is 0 Å². The van der Waals surface area contributed by atoms with Gasteiger partial charge in [0, 0.05) is 6.42 Å². The van der Waals surface area contributed by atoms with Crippen molar-refractivity contribution >= 4 is 69.8 Å². The maximum atomic E-state index is 12.0. The molecule has 0 aliphatic heterocycles. The molecule has 0 aliphatic carbocycles. The molecule has 0 fully saturated rings. The maximum Gasteiger partial charge on any atom is 0.234 e. The van der Waals surface area contributed by atoms with Gasteiger partial charge in [-0.2, -0.15) is 0 Å². The third-order valence-corrected chi connectivity index (χ3v) is 4.98. The van der Waals surface area contributed by atoms with E-state index in [-0.39, 0.29) is 37.4 Å². The number of anilines is 1.